The maximum atomic E-state index is 12.6. The van der Waals surface area contributed by atoms with E-state index < -0.39 is 0 Å². The van der Waals surface area contributed by atoms with E-state index in [1.54, 1.807) is 29.1 Å². The molecule has 1 atom stereocenters. The van der Waals surface area contributed by atoms with Crippen LogP contribution in [0.4, 0.5) is 0 Å². The number of aromatic nitrogens is 3. The third-order valence-electron chi connectivity index (χ3n) is 4.14. The van der Waals surface area contributed by atoms with Gasteiger partial charge in [0.05, 0.1) is 5.56 Å². The van der Waals surface area contributed by atoms with Crippen molar-refractivity contribution < 1.29 is 4.79 Å². The predicted octanol–water partition coefficient (Wildman–Crippen LogP) is 0.929. The first-order chi connectivity index (χ1) is 9.47. The summed E-state index contributed by atoms with van der Waals surface area (Å²) in [5.74, 6) is 0.0422. The van der Waals surface area contributed by atoms with Crippen molar-refractivity contribution in [3.8, 4) is 0 Å². The standard InChI is InChI=1S/C14H19N5O/c1-14(2)8-18(6-5-11(14)15)13(20)10-3-4-12-17-16-9-19(12)7-10/h3-4,7,9,11H,5-6,8,15H2,1-2H3. The average molecular weight is 273 g/mol. The first-order valence-corrected chi connectivity index (χ1v) is 6.82. The fourth-order valence-corrected chi connectivity index (χ4v) is 2.68. The molecule has 3 heterocycles. The summed E-state index contributed by atoms with van der Waals surface area (Å²) in [6.45, 7) is 5.62. The Labute approximate surface area is 117 Å². The van der Waals surface area contributed by atoms with Crippen LogP contribution in [0.1, 0.15) is 30.6 Å². The van der Waals surface area contributed by atoms with Crippen molar-refractivity contribution in [3.63, 3.8) is 0 Å². The Kier molecular flexibility index (Phi) is 2.97. The van der Waals surface area contributed by atoms with E-state index in [1.807, 2.05) is 4.90 Å². The molecule has 1 aliphatic rings. The Bertz CT molecular complexity index is 648. The monoisotopic (exact) mass is 273 g/mol. The van der Waals surface area contributed by atoms with Crippen molar-refractivity contribution in [1.29, 1.82) is 0 Å². The second-order valence-electron chi connectivity index (χ2n) is 6.12. The lowest BCUT2D eigenvalue weighted by Crippen LogP contribution is -2.54. The Morgan fingerprint density at radius 3 is 3.00 bits per heavy atom. The summed E-state index contributed by atoms with van der Waals surface area (Å²) < 4.78 is 1.76. The van der Waals surface area contributed by atoms with Crippen LogP contribution in [0.25, 0.3) is 5.65 Å². The Hall–Kier alpha value is -1.95. The van der Waals surface area contributed by atoms with Crippen molar-refractivity contribution in [2.45, 2.75) is 26.3 Å². The molecule has 1 unspecified atom stereocenters. The van der Waals surface area contributed by atoms with E-state index in [4.69, 9.17) is 5.73 Å². The molecule has 106 valence electrons. The van der Waals surface area contributed by atoms with E-state index in [2.05, 4.69) is 24.0 Å². The number of nitrogens with zero attached hydrogens (tertiary/aromatic N) is 4. The normalized spacial score (nSPS) is 22.1. The van der Waals surface area contributed by atoms with Gasteiger partial charge in [-0.1, -0.05) is 13.8 Å². The minimum absolute atomic E-state index is 0.0422. The van der Waals surface area contributed by atoms with Crippen molar-refractivity contribution >= 4 is 11.6 Å². The summed E-state index contributed by atoms with van der Waals surface area (Å²) in [6.07, 6.45) is 4.22. The number of carbonyl (C=O) groups excluding carboxylic acids is 1. The molecule has 1 saturated heterocycles. The van der Waals surface area contributed by atoms with E-state index in [-0.39, 0.29) is 17.4 Å². The van der Waals surface area contributed by atoms with E-state index in [0.29, 0.717) is 18.7 Å². The smallest absolute Gasteiger partial charge is 0.255 e. The highest BCUT2D eigenvalue weighted by Gasteiger charge is 2.35. The van der Waals surface area contributed by atoms with Crippen LogP contribution < -0.4 is 5.73 Å². The fourth-order valence-electron chi connectivity index (χ4n) is 2.68. The lowest BCUT2D eigenvalue weighted by atomic mass is 9.79. The molecule has 2 N–H and O–H groups in total. The van der Waals surface area contributed by atoms with Crippen molar-refractivity contribution in [2.24, 2.45) is 11.1 Å². The molecule has 0 aliphatic carbocycles. The maximum Gasteiger partial charge on any atom is 0.255 e. The molecule has 6 heteroatoms. The summed E-state index contributed by atoms with van der Waals surface area (Å²) in [4.78, 5) is 14.5. The number of piperidine rings is 1. The molecular formula is C14H19N5O. The predicted molar refractivity (Wildman–Crippen MR) is 75.3 cm³/mol. The zero-order valence-electron chi connectivity index (χ0n) is 11.8. The number of amides is 1. The molecule has 2 aromatic heterocycles. The van der Waals surface area contributed by atoms with Gasteiger partial charge in [0, 0.05) is 25.3 Å². The van der Waals surface area contributed by atoms with Gasteiger partial charge in [-0.3, -0.25) is 9.20 Å². The molecule has 1 amide bonds. The zero-order valence-corrected chi connectivity index (χ0v) is 11.8. The van der Waals surface area contributed by atoms with E-state index in [1.165, 1.54) is 0 Å². The number of rotatable bonds is 1. The largest absolute Gasteiger partial charge is 0.338 e. The highest BCUT2D eigenvalue weighted by atomic mass is 16.2. The number of carbonyl (C=O) groups is 1. The van der Waals surface area contributed by atoms with Crippen LogP contribution in [0, 0.1) is 5.41 Å². The van der Waals surface area contributed by atoms with Gasteiger partial charge in [-0.05, 0) is 24.0 Å². The van der Waals surface area contributed by atoms with Gasteiger partial charge in [-0.25, -0.2) is 0 Å². The molecular weight excluding hydrogens is 254 g/mol. The Balaban J connectivity index is 1.85. The van der Waals surface area contributed by atoms with Crippen LogP contribution in [0.5, 0.6) is 0 Å². The minimum Gasteiger partial charge on any atom is -0.338 e. The van der Waals surface area contributed by atoms with Crippen LogP contribution in [0.2, 0.25) is 0 Å². The van der Waals surface area contributed by atoms with E-state index in [9.17, 15) is 4.79 Å². The summed E-state index contributed by atoms with van der Waals surface area (Å²) in [7, 11) is 0. The minimum atomic E-state index is -0.0471. The number of hydrogen-bond donors (Lipinski definition) is 1. The molecule has 0 saturated carbocycles. The van der Waals surface area contributed by atoms with Crippen molar-refractivity contribution in [2.75, 3.05) is 13.1 Å². The van der Waals surface area contributed by atoms with Gasteiger partial charge in [0.25, 0.3) is 5.91 Å². The van der Waals surface area contributed by atoms with Gasteiger partial charge in [-0.15, -0.1) is 10.2 Å². The summed E-state index contributed by atoms with van der Waals surface area (Å²) in [5, 5.41) is 7.76. The second kappa shape index (κ2) is 4.56. The molecule has 6 nitrogen and oxygen atoms in total. The quantitative estimate of drug-likeness (QED) is 0.838. The van der Waals surface area contributed by atoms with Crippen LogP contribution in [-0.4, -0.2) is 44.5 Å². The third-order valence-corrected chi connectivity index (χ3v) is 4.14. The van der Waals surface area contributed by atoms with Crippen LogP contribution >= 0.6 is 0 Å². The summed E-state index contributed by atoms with van der Waals surface area (Å²) in [5.41, 5.74) is 7.46. The number of nitrogens with two attached hydrogens (primary N) is 1. The summed E-state index contributed by atoms with van der Waals surface area (Å²) >= 11 is 0. The number of hydrogen-bond acceptors (Lipinski definition) is 4. The highest BCUT2D eigenvalue weighted by molar-refractivity contribution is 5.94. The zero-order chi connectivity index (χ0) is 14.3. The molecule has 0 spiro atoms. The fraction of sp³-hybridized carbons (Fsp3) is 0.500. The van der Waals surface area contributed by atoms with Gasteiger partial charge in [-0.2, -0.15) is 0 Å². The average Bonchev–Trinajstić information content (AvgIpc) is 2.88. The second-order valence-corrected chi connectivity index (χ2v) is 6.12. The first-order valence-electron chi connectivity index (χ1n) is 6.82. The lowest BCUT2D eigenvalue weighted by molar-refractivity contribution is 0.0532. The van der Waals surface area contributed by atoms with Gasteiger partial charge in [0.2, 0.25) is 0 Å². The van der Waals surface area contributed by atoms with Crippen molar-refractivity contribution in [1.82, 2.24) is 19.5 Å². The molecule has 0 radical (unpaired) electrons. The van der Waals surface area contributed by atoms with E-state index in [0.717, 1.165) is 12.1 Å². The molecule has 3 rings (SSSR count). The number of pyridine rings is 1. The molecule has 0 aromatic carbocycles. The van der Waals surface area contributed by atoms with Gasteiger partial charge < -0.3 is 10.6 Å². The van der Waals surface area contributed by atoms with Crippen LogP contribution in [0.15, 0.2) is 24.7 Å². The molecule has 20 heavy (non-hydrogen) atoms. The van der Waals surface area contributed by atoms with Crippen LogP contribution in [-0.2, 0) is 0 Å². The SMILES string of the molecule is CC1(C)CN(C(=O)c2ccc3nncn3c2)CCC1N. The molecule has 2 aromatic rings. The highest BCUT2D eigenvalue weighted by Crippen LogP contribution is 2.28. The molecule has 1 aliphatic heterocycles. The maximum absolute atomic E-state index is 12.6. The lowest BCUT2D eigenvalue weighted by Gasteiger charge is -2.42. The first kappa shape index (κ1) is 13.1. The number of likely N-dealkylation sites (tertiary alicyclic amines) is 1. The van der Waals surface area contributed by atoms with Crippen molar-refractivity contribution in [3.05, 3.63) is 30.2 Å². The van der Waals surface area contributed by atoms with Gasteiger partial charge >= 0.3 is 0 Å². The summed E-state index contributed by atoms with van der Waals surface area (Å²) in [6, 6.07) is 3.75. The van der Waals surface area contributed by atoms with Crippen LogP contribution in [0.3, 0.4) is 0 Å². The van der Waals surface area contributed by atoms with Gasteiger partial charge in [0.15, 0.2) is 5.65 Å². The molecule has 1 fully saturated rings. The third kappa shape index (κ3) is 2.16. The molecule has 0 bridgehead atoms. The van der Waals surface area contributed by atoms with E-state index >= 15 is 0 Å². The van der Waals surface area contributed by atoms with Gasteiger partial charge in [0.1, 0.15) is 6.33 Å². The number of fused-ring (bicyclic) bond motifs is 1. The Morgan fingerprint density at radius 2 is 2.25 bits per heavy atom. The topological polar surface area (TPSA) is 76.5 Å². The Morgan fingerprint density at radius 1 is 1.45 bits per heavy atom.